The monoisotopic (exact) mass is 477 g/mol. The maximum atomic E-state index is 10.5. The van der Waals surface area contributed by atoms with E-state index in [2.05, 4.69) is 61.8 Å². The molecule has 3 aromatic rings. The highest BCUT2D eigenvalue weighted by atomic mass is 35.5. The highest BCUT2D eigenvalue weighted by Crippen LogP contribution is 2.70. The van der Waals surface area contributed by atoms with Crippen molar-refractivity contribution < 1.29 is 5.11 Å². The summed E-state index contributed by atoms with van der Waals surface area (Å²) in [5, 5.41) is 14.1. The van der Waals surface area contributed by atoms with Crippen LogP contribution in [0.25, 0.3) is 27.5 Å². The molecule has 1 radical (unpaired) electrons. The van der Waals surface area contributed by atoms with Gasteiger partial charge in [-0.3, -0.25) is 0 Å². The standard InChI is InChI=1S/C32H31BClO/c34-29-3-1-2-26-30-27-16-21(22-15-25(35)8-9-33-17-22)5-4-20(27)6-7-28(30)32(31(26)29)23-11-18-10-19(13-23)14-24(32)12-18/h1-7,16-19,23-25,35H,8-15H2/t18?,19?,23?,24?,25-,32?/m0/s1. The summed E-state index contributed by atoms with van der Waals surface area (Å²) in [7, 11) is 2.23. The first-order chi connectivity index (χ1) is 17.1. The SMILES string of the molecule is O[C@H]1CC[B]C=C(c2ccc3ccc4c(c3c2)-c2cccc(Cl)c2C42C3CC4CC(C3)CC2C4)C1. The van der Waals surface area contributed by atoms with E-state index in [1.54, 1.807) is 5.56 Å². The molecule has 175 valence electrons. The molecule has 4 fully saturated rings. The van der Waals surface area contributed by atoms with Crippen LogP contribution in [0.1, 0.15) is 61.6 Å². The van der Waals surface area contributed by atoms with Crippen LogP contribution in [0.4, 0.5) is 0 Å². The molecule has 6 aliphatic rings. The zero-order valence-corrected chi connectivity index (χ0v) is 20.9. The van der Waals surface area contributed by atoms with Gasteiger partial charge in [-0.2, -0.15) is 0 Å². The Morgan fingerprint density at radius 1 is 0.914 bits per heavy atom. The molecule has 1 aliphatic heterocycles. The van der Waals surface area contributed by atoms with E-state index in [9.17, 15) is 5.11 Å². The summed E-state index contributed by atoms with van der Waals surface area (Å²) in [4.78, 5) is 0. The largest absolute Gasteiger partial charge is 0.393 e. The Kier molecular flexibility index (Phi) is 4.52. The van der Waals surface area contributed by atoms with Crippen LogP contribution in [0.5, 0.6) is 0 Å². The van der Waals surface area contributed by atoms with Gasteiger partial charge in [0.05, 0.1) is 6.10 Å². The van der Waals surface area contributed by atoms with Gasteiger partial charge in [0, 0.05) is 10.4 Å². The summed E-state index contributed by atoms with van der Waals surface area (Å²) < 4.78 is 0. The maximum Gasteiger partial charge on any atom is 0.141 e. The molecule has 0 amide bonds. The minimum atomic E-state index is -0.256. The summed E-state index contributed by atoms with van der Waals surface area (Å²) in [6, 6.07) is 18.4. The lowest BCUT2D eigenvalue weighted by atomic mass is 9.43. The van der Waals surface area contributed by atoms with Crippen molar-refractivity contribution >= 4 is 35.2 Å². The highest BCUT2D eigenvalue weighted by molar-refractivity contribution is 6.44. The zero-order chi connectivity index (χ0) is 23.3. The third kappa shape index (κ3) is 2.82. The molecule has 1 nitrogen and oxygen atoms in total. The quantitative estimate of drug-likeness (QED) is 0.354. The predicted octanol–water partition coefficient (Wildman–Crippen LogP) is 7.83. The number of hydrogen-bond donors (Lipinski definition) is 1. The van der Waals surface area contributed by atoms with Crippen LogP contribution in [-0.2, 0) is 5.41 Å². The molecule has 35 heavy (non-hydrogen) atoms. The number of fused-ring (bicyclic) bond motifs is 5. The van der Waals surface area contributed by atoms with Crippen molar-refractivity contribution in [2.75, 3.05) is 0 Å². The molecule has 0 aromatic heterocycles. The van der Waals surface area contributed by atoms with Crippen molar-refractivity contribution in [3.8, 4) is 11.1 Å². The first-order valence-electron chi connectivity index (χ1n) is 13.7. The van der Waals surface area contributed by atoms with E-state index in [0.717, 1.165) is 36.0 Å². The van der Waals surface area contributed by atoms with Gasteiger partial charge in [-0.15, -0.1) is 5.98 Å². The minimum absolute atomic E-state index is 0.0895. The molecular weight excluding hydrogens is 447 g/mol. The summed E-state index contributed by atoms with van der Waals surface area (Å²) in [5.41, 5.74) is 8.41. The van der Waals surface area contributed by atoms with Gasteiger partial charge >= 0.3 is 0 Å². The molecule has 9 rings (SSSR count). The van der Waals surface area contributed by atoms with E-state index in [1.165, 1.54) is 70.7 Å². The molecule has 4 bridgehead atoms. The van der Waals surface area contributed by atoms with E-state index in [4.69, 9.17) is 11.6 Å². The van der Waals surface area contributed by atoms with Crippen LogP contribution in [0.3, 0.4) is 0 Å². The van der Waals surface area contributed by atoms with Crippen LogP contribution >= 0.6 is 11.6 Å². The Hall–Kier alpha value is -2.03. The van der Waals surface area contributed by atoms with Crippen LogP contribution < -0.4 is 0 Å². The second-order valence-electron chi connectivity index (χ2n) is 12.1. The van der Waals surface area contributed by atoms with Gasteiger partial charge in [-0.05, 0) is 119 Å². The number of aliphatic hydroxyl groups excluding tert-OH is 1. The number of rotatable bonds is 1. The topological polar surface area (TPSA) is 20.2 Å². The number of aliphatic hydroxyl groups is 1. The molecule has 1 N–H and O–H groups in total. The average molecular weight is 478 g/mol. The van der Waals surface area contributed by atoms with Crippen molar-refractivity contribution in [1.82, 2.24) is 0 Å². The van der Waals surface area contributed by atoms with Crippen LogP contribution in [0, 0.1) is 23.7 Å². The molecule has 0 saturated heterocycles. The van der Waals surface area contributed by atoms with Crippen molar-refractivity contribution in [2.24, 2.45) is 23.7 Å². The smallest absolute Gasteiger partial charge is 0.141 e. The van der Waals surface area contributed by atoms with Gasteiger partial charge in [0.1, 0.15) is 7.28 Å². The average Bonchev–Trinajstić information content (AvgIpc) is 2.98. The molecule has 1 spiro atoms. The summed E-state index contributed by atoms with van der Waals surface area (Å²) in [5.74, 6) is 5.53. The molecule has 5 aliphatic carbocycles. The molecule has 0 unspecified atom stereocenters. The van der Waals surface area contributed by atoms with Gasteiger partial charge in [-0.25, -0.2) is 0 Å². The fraction of sp³-hybridized carbons (Fsp3) is 0.438. The Balaban J connectivity index is 1.39. The number of hydrogen-bond acceptors (Lipinski definition) is 1. The van der Waals surface area contributed by atoms with Gasteiger partial charge in [-0.1, -0.05) is 59.9 Å². The third-order valence-corrected chi connectivity index (χ3v) is 10.7. The normalized spacial score (nSPS) is 34.5. The van der Waals surface area contributed by atoms with E-state index < -0.39 is 0 Å². The van der Waals surface area contributed by atoms with Crippen molar-refractivity contribution in [3.05, 3.63) is 76.2 Å². The number of halogens is 1. The van der Waals surface area contributed by atoms with E-state index in [1.807, 2.05) is 0 Å². The summed E-state index contributed by atoms with van der Waals surface area (Å²) in [6.45, 7) is 0. The van der Waals surface area contributed by atoms with Crippen LogP contribution in [0.15, 0.2) is 54.5 Å². The predicted molar refractivity (Wildman–Crippen MR) is 146 cm³/mol. The first kappa shape index (κ1) is 21.1. The van der Waals surface area contributed by atoms with Gasteiger partial charge in [0.2, 0.25) is 0 Å². The highest BCUT2D eigenvalue weighted by Gasteiger charge is 2.62. The fourth-order valence-electron chi connectivity index (χ4n) is 9.37. The van der Waals surface area contributed by atoms with E-state index in [-0.39, 0.29) is 11.5 Å². The van der Waals surface area contributed by atoms with Crippen LogP contribution in [0.2, 0.25) is 11.3 Å². The number of benzene rings is 3. The summed E-state index contributed by atoms with van der Waals surface area (Å²) in [6.07, 6.45) is 9.22. The first-order valence-corrected chi connectivity index (χ1v) is 14.1. The molecule has 3 aromatic carbocycles. The lowest BCUT2D eigenvalue weighted by molar-refractivity contribution is -0.0398. The van der Waals surface area contributed by atoms with Crippen molar-refractivity contribution in [2.45, 2.75) is 62.8 Å². The Morgan fingerprint density at radius 3 is 2.49 bits per heavy atom. The minimum Gasteiger partial charge on any atom is -0.393 e. The Morgan fingerprint density at radius 2 is 1.69 bits per heavy atom. The molecule has 4 saturated carbocycles. The summed E-state index contributed by atoms with van der Waals surface area (Å²) >= 11 is 7.14. The fourth-order valence-corrected chi connectivity index (χ4v) is 9.70. The lowest BCUT2D eigenvalue weighted by Crippen LogP contribution is -2.55. The van der Waals surface area contributed by atoms with Crippen LogP contribution in [-0.4, -0.2) is 18.5 Å². The van der Waals surface area contributed by atoms with Crippen molar-refractivity contribution in [3.63, 3.8) is 0 Å². The molecule has 1 heterocycles. The molecule has 1 atom stereocenters. The maximum absolute atomic E-state index is 10.5. The van der Waals surface area contributed by atoms with Gasteiger partial charge < -0.3 is 5.11 Å². The Labute approximate surface area is 213 Å². The Bertz CT molecular complexity index is 1380. The lowest BCUT2D eigenvalue weighted by Gasteiger charge is -2.61. The van der Waals surface area contributed by atoms with Gasteiger partial charge in [0.25, 0.3) is 0 Å². The van der Waals surface area contributed by atoms with E-state index >= 15 is 0 Å². The van der Waals surface area contributed by atoms with E-state index in [0.29, 0.717) is 11.8 Å². The third-order valence-electron chi connectivity index (χ3n) is 10.4. The second-order valence-corrected chi connectivity index (χ2v) is 12.5. The molecule has 3 heteroatoms. The van der Waals surface area contributed by atoms with Gasteiger partial charge in [0.15, 0.2) is 0 Å². The van der Waals surface area contributed by atoms with Crippen molar-refractivity contribution in [1.29, 1.82) is 0 Å². The zero-order valence-electron chi connectivity index (χ0n) is 20.1. The second kappa shape index (κ2) is 7.50. The molecular formula is C32H31BClO.